The van der Waals surface area contributed by atoms with E-state index in [0.29, 0.717) is 33.0 Å². The molecule has 180 valence electrons. The second-order valence-electron chi connectivity index (χ2n) is 8.80. The van der Waals surface area contributed by atoms with Crippen molar-refractivity contribution < 1.29 is 9.50 Å². The maximum atomic E-state index is 14.7. The second-order valence-corrected chi connectivity index (χ2v) is 9.21. The first-order valence-electron chi connectivity index (χ1n) is 11.4. The highest BCUT2D eigenvalue weighted by Gasteiger charge is 2.20. The number of piperidine rings is 1. The number of phenols is 1. The zero-order valence-corrected chi connectivity index (χ0v) is 19.9. The fourth-order valence-corrected chi connectivity index (χ4v) is 4.72. The van der Waals surface area contributed by atoms with Crippen LogP contribution in [0.3, 0.4) is 0 Å². The zero-order chi connectivity index (χ0) is 24.7. The molecule has 9 heteroatoms. The predicted molar refractivity (Wildman–Crippen MR) is 136 cm³/mol. The van der Waals surface area contributed by atoms with Crippen LogP contribution in [0.15, 0.2) is 65.8 Å². The van der Waals surface area contributed by atoms with Crippen LogP contribution in [-0.2, 0) is 7.05 Å². The quantitative estimate of drug-likeness (QED) is 0.441. The summed E-state index contributed by atoms with van der Waals surface area (Å²) < 4.78 is 17.6. The van der Waals surface area contributed by atoms with Crippen LogP contribution in [0.25, 0.3) is 27.9 Å². The van der Waals surface area contributed by atoms with Crippen LogP contribution in [0, 0.1) is 5.82 Å². The van der Waals surface area contributed by atoms with E-state index in [4.69, 9.17) is 17.3 Å². The minimum absolute atomic E-state index is 0.0649. The van der Waals surface area contributed by atoms with Crippen LogP contribution in [-0.4, -0.2) is 38.4 Å². The zero-order valence-electron chi connectivity index (χ0n) is 19.2. The third-order valence-electron chi connectivity index (χ3n) is 6.46. The summed E-state index contributed by atoms with van der Waals surface area (Å²) in [6.45, 7) is 1.60. The van der Waals surface area contributed by atoms with Crippen molar-refractivity contribution in [2.24, 2.45) is 12.8 Å². The van der Waals surface area contributed by atoms with Crippen molar-refractivity contribution in [3.05, 3.63) is 82.4 Å². The summed E-state index contributed by atoms with van der Waals surface area (Å²) in [5, 5.41) is 11.5. The molecular weight excluding hydrogens is 469 g/mol. The normalized spacial score (nSPS) is 14.5. The summed E-state index contributed by atoms with van der Waals surface area (Å²) in [6.07, 6.45) is 6.68. The predicted octanol–water partition coefficient (Wildman–Crippen LogP) is 4.33. The number of rotatable bonds is 4. The van der Waals surface area contributed by atoms with Gasteiger partial charge in [-0.05, 0) is 60.4 Å². The fourth-order valence-electron chi connectivity index (χ4n) is 4.44. The molecule has 0 radical (unpaired) electrons. The van der Waals surface area contributed by atoms with Crippen molar-refractivity contribution >= 4 is 17.4 Å². The Bertz CT molecular complexity index is 1460. The Morgan fingerprint density at radius 2 is 1.74 bits per heavy atom. The summed E-state index contributed by atoms with van der Waals surface area (Å²) in [6, 6.07) is 11.4. The molecule has 7 nitrogen and oxygen atoms in total. The first kappa shape index (κ1) is 23.1. The fraction of sp³-hybridized carbons (Fsp3) is 0.231. The summed E-state index contributed by atoms with van der Waals surface area (Å²) in [4.78, 5) is 18.9. The van der Waals surface area contributed by atoms with E-state index >= 15 is 0 Å². The molecule has 35 heavy (non-hydrogen) atoms. The number of aromatic nitrogens is 3. The summed E-state index contributed by atoms with van der Waals surface area (Å²) in [5.41, 5.74) is 8.12. The van der Waals surface area contributed by atoms with Crippen molar-refractivity contribution in [2.45, 2.75) is 18.9 Å². The van der Waals surface area contributed by atoms with Crippen molar-refractivity contribution in [3.63, 3.8) is 0 Å². The molecule has 1 aliphatic heterocycles. The molecule has 1 aliphatic rings. The highest BCUT2D eigenvalue weighted by atomic mass is 35.5. The minimum atomic E-state index is -0.491. The van der Waals surface area contributed by atoms with Crippen LogP contribution in [0.5, 0.6) is 5.75 Å². The Labute approximate surface area is 206 Å². The molecule has 1 saturated heterocycles. The van der Waals surface area contributed by atoms with Gasteiger partial charge in [0.1, 0.15) is 17.4 Å². The number of nitrogens with two attached hydrogens (primary N) is 1. The Kier molecular flexibility index (Phi) is 6.08. The van der Waals surface area contributed by atoms with Crippen LogP contribution in [0.1, 0.15) is 12.8 Å². The lowest BCUT2D eigenvalue weighted by atomic mass is 9.97. The van der Waals surface area contributed by atoms with Crippen LogP contribution in [0.2, 0.25) is 5.02 Å². The molecular formula is C26H25ClFN5O2. The van der Waals surface area contributed by atoms with E-state index < -0.39 is 5.82 Å². The van der Waals surface area contributed by atoms with E-state index in [0.717, 1.165) is 31.7 Å². The number of pyridine rings is 1. The Morgan fingerprint density at radius 3 is 2.37 bits per heavy atom. The van der Waals surface area contributed by atoms with Crippen LogP contribution < -0.4 is 16.3 Å². The topological polar surface area (TPSA) is 89.3 Å². The Balaban J connectivity index is 1.53. The number of nitrogens with zero attached hydrogens (tertiary/aromatic N) is 4. The molecule has 5 rings (SSSR count). The van der Waals surface area contributed by atoms with Crippen molar-refractivity contribution in [1.29, 1.82) is 0 Å². The number of hydrogen-bond donors (Lipinski definition) is 2. The minimum Gasteiger partial charge on any atom is -0.507 e. The third kappa shape index (κ3) is 4.42. The first-order chi connectivity index (χ1) is 16.8. The second kappa shape index (κ2) is 9.20. The van der Waals surface area contributed by atoms with Gasteiger partial charge in [0.05, 0.1) is 10.7 Å². The molecule has 0 bridgehead atoms. The summed E-state index contributed by atoms with van der Waals surface area (Å²) in [7, 11) is 1.65. The number of imidazole rings is 1. The summed E-state index contributed by atoms with van der Waals surface area (Å²) >= 11 is 6.49. The van der Waals surface area contributed by atoms with Crippen molar-refractivity contribution in [3.8, 4) is 33.7 Å². The van der Waals surface area contributed by atoms with Gasteiger partial charge in [-0.2, -0.15) is 0 Å². The van der Waals surface area contributed by atoms with Gasteiger partial charge in [-0.15, -0.1) is 0 Å². The van der Waals surface area contributed by atoms with Gasteiger partial charge in [0, 0.05) is 55.9 Å². The largest absolute Gasteiger partial charge is 0.507 e. The van der Waals surface area contributed by atoms with Gasteiger partial charge in [-0.1, -0.05) is 17.7 Å². The number of anilines is 1. The van der Waals surface area contributed by atoms with Crippen LogP contribution in [0.4, 0.5) is 10.2 Å². The van der Waals surface area contributed by atoms with Gasteiger partial charge in [-0.25, -0.2) is 14.2 Å². The monoisotopic (exact) mass is 493 g/mol. The molecule has 2 aromatic carbocycles. The van der Waals surface area contributed by atoms with Crippen LogP contribution >= 0.6 is 11.6 Å². The van der Waals surface area contributed by atoms with E-state index in [9.17, 15) is 14.3 Å². The third-order valence-corrected chi connectivity index (χ3v) is 6.76. The Morgan fingerprint density at radius 1 is 1.06 bits per heavy atom. The molecule has 3 N–H and O–H groups in total. The maximum Gasteiger partial charge on any atom is 0.332 e. The molecule has 3 heterocycles. The first-order valence-corrected chi connectivity index (χ1v) is 11.7. The van der Waals surface area contributed by atoms with E-state index in [-0.39, 0.29) is 17.5 Å². The smallest absolute Gasteiger partial charge is 0.332 e. The van der Waals surface area contributed by atoms with E-state index in [1.54, 1.807) is 49.9 Å². The highest BCUT2D eigenvalue weighted by Crippen LogP contribution is 2.41. The van der Waals surface area contributed by atoms with Gasteiger partial charge in [0.25, 0.3) is 0 Å². The van der Waals surface area contributed by atoms with Gasteiger partial charge in [0.2, 0.25) is 0 Å². The van der Waals surface area contributed by atoms with Gasteiger partial charge in [0.15, 0.2) is 0 Å². The maximum absolute atomic E-state index is 14.7. The van der Waals surface area contributed by atoms with E-state index in [1.807, 2.05) is 6.07 Å². The van der Waals surface area contributed by atoms with E-state index in [2.05, 4.69) is 9.88 Å². The lowest BCUT2D eigenvalue weighted by Gasteiger charge is -2.31. The Hall–Kier alpha value is -3.62. The van der Waals surface area contributed by atoms with Gasteiger partial charge >= 0.3 is 5.69 Å². The molecule has 0 spiro atoms. The lowest BCUT2D eigenvalue weighted by Crippen LogP contribution is -2.40. The van der Waals surface area contributed by atoms with Crippen molar-refractivity contribution in [2.75, 3.05) is 18.0 Å². The molecule has 4 aromatic rings. The van der Waals surface area contributed by atoms with Crippen molar-refractivity contribution in [1.82, 2.24) is 14.1 Å². The number of hydrogen-bond acceptors (Lipinski definition) is 5. The number of benzene rings is 2. The number of halogens is 2. The molecule has 0 saturated carbocycles. The SMILES string of the molecule is Cn1ccn(-c2ccc(-c3cc(F)cc(-c4ccnc(N5CCC(N)CC5)c4)c3O)cc2Cl)c1=O. The molecule has 0 amide bonds. The molecule has 0 atom stereocenters. The molecule has 1 fully saturated rings. The highest BCUT2D eigenvalue weighted by molar-refractivity contribution is 6.32. The average molecular weight is 494 g/mol. The number of aryl methyl sites for hydroxylation is 1. The number of aromatic hydroxyl groups is 1. The summed E-state index contributed by atoms with van der Waals surface area (Å²) in [5.74, 6) is 0.208. The standard InChI is InChI=1S/C26H25ClFN5O2/c1-31-10-11-33(26(31)35)23-3-2-16(12-22(23)27)20-14-18(28)15-21(25(20)34)17-4-7-30-24(13-17)32-8-5-19(29)6-9-32/h2-4,7,10-15,19,34H,5-6,8-9,29H2,1H3. The number of phenolic OH excluding ortho intramolecular Hbond substituents is 1. The lowest BCUT2D eigenvalue weighted by molar-refractivity contribution is 0.477. The molecule has 0 aliphatic carbocycles. The molecule has 2 aromatic heterocycles. The van der Waals surface area contributed by atoms with E-state index in [1.165, 1.54) is 21.3 Å². The van der Waals surface area contributed by atoms with Gasteiger partial charge < -0.3 is 20.3 Å². The average Bonchev–Trinajstić information content (AvgIpc) is 3.18. The molecule has 0 unspecified atom stereocenters. The van der Waals surface area contributed by atoms with Gasteiger partial charge in [-0.3, -0.25) is 4.57 Å².